The lowest BCUT2D eigenvalue weighted by molar-refractivity contribution is -0.130. The van der Waals surface area contributed by atoms with Crippen LogP contribution in [0, 0.1) is 0 Å². The molecule has 0 saturated heterocycles. The summed E-state index contributed by atoms with van der Waals surface area (Å²) in [5.41, 5.74) is 1.98. The quantitative estimate of drug-likeness (QED) is 0.871. The smallest absolute Gasteiger partial charge is 0.247 e. The summed E-state index contributed by atoms with van der Waals surface area (Å²) in [5, 5.41) is 8.06. The summed E-state index contributed by atoms with van der Waals surface area (Å²) in [6, 6.07) is 11.6. The number of carbonyl (C=O) groups excluding carboxylic acids is 1. The van der Waals surface area contributed by atoms with Gasteiger partial charge in [0.15, 0.2) is 0 Å². The van der Waals surface area contributed by atoms with Crippen molar-refractivity contribution in [2.45, 2.75) is 12.8 Å². The molecule has 0 aliphatic carbocycles. The molecule has 0 radical (unpaired) electrons. The molecular weight excluding hydrogens is 284 g/mol. The predicted molar refractivity (Wildman–Crippen MR) is 83.9 cm³/mol. The van der Waals surface area contributed by atoms with Crippen LogP contribution >= 0.6 is 11.3 Å². The number of amides is 1. The number of rotatable bonds is 4. The van der Waals surface area contributed by atoms with Gasteiger partial charge in [0, 0.05) is 6.42 Å². The normalized spacial score (nSPS) is 14.1. The molecule has 3 rings (SSSR count). The van der Waals surface area contributed by atoms with E-state index in [0.29, 0.717) is 13.0 Å². The van der Waals surface area contributed by atoms with Gasteiger partial charge >= 0.3 is 0 Å². The lowest BCUT2D eigenvalue weighted by atomic mass is 10.1. The summed E-state index contributed by atoms with van der Waals surface area (Å²) in [4.78, 5) is 13.4. The molecule has 0 N–H and O–H groups in total. The maximum Gasteiger partial charge on any atom is 0.247 e. The Balaban J connectivity index is 1.66. The molecule has 108 valence electrons. The van der Waals surface area contributed by atoms with Gasteiger partial charge in [-0.2, -0.15) is 5.10 Å². The molecule has 2 heterocycles. The van der Waals surface area contributed by atoms with E-state index < -0.39 is 0 Å². The first-order valence-corrected chi connectivity index (χ1v) is 7.69. The van der Waals surface area contributed by atoms with Gasteiger partial charge in [0.1, 0.15) is 5.75 Å². The van der Waals surface area contributed by atoms with Gasteiger partial charge in [-0.25, -0.2) is 5.01 Å². The molecule has 0 bridgehead atoms. The minimum atomic E-state index is 0.0340. The van der Waals surface area contributed by atoms with Crippen LogP contribution in [0.2, 0.25) is 0 Å². The zero-order valence-electron chi connectivity index (χ0n) is 11.8. The van der Waals surface area contributed by atoms with Crippen molar-refractivity contribution in [1.82, 2.24) is 5.01 Å². The first-order valence-electron chi connectivity index (χ1n) is 6.81. The molecule has 0 saturated carbocycles. The van der Waals surface area contributed by atoms with Crippen LogP contribution in [0.25, 0.3) is 0 Å². The number of hydrogen-bond acceptors (Lipinski definition) is 4. The summed E-state index contributed by atoms with van der Waals surface area (Å²) in [6.07, 6.45) is 1.19. The molecule has 0 fully saturated rings. The molecule has 1 aromatic carbocycles. The van der Waals surface area contributed by atoms with E-state index in [9.17, 15) is 4.79 Å². The molecule has 0 atom stereocenters. The zero-order valence-corrected chi connectivity index (χ0v) is 12.6. The second-order valence-corrected chi connectivity index (χ2v) is 5.76. The SMILES string of the molecule is COc1ccc(CC(=O)N2CCC(c3cccs3)=N2)cc1. The van der Waals surface area contributed by atoms with E-state index in [1.807, 2.05) is 41.8 Å². The number of methoxy groups -OCH3 is 1. The largest absolute Gasteiger partial charge is 0.497 e. The van der Waals surface area contributed by atoms with Gasteiger partial charge in [0.05, 0.1) is 30.7 Å². The number of ether oxygens (including phenoxy) is 1. The highest BCUT2D eigenvalue weighted by Gasteiger charge is 2.22. The monoisotopic (exact) mass is 300 g/mol. The Bertz CT molecular complexity index is 647. The Labute approximate surface area is 127 Å². The Morgan fingerprint density at radius 2 is 2.14 bits per heavy atom. The lowest BCUT2D eigenvalue weighted by Crippen LogP contribution is -2.25. The van der Waals surface area contributed by atoms with Gasteiger partial charge in [0.2, 0.25) is 5.91 Å². The fourth-order valence-corrected chi connectivity index (χ4v) is 3.00. The maximum absolute atomic E-state index is 12.3. The molecule has 4 nitrogen and oxygen atoms in total. The van der Waals surface area contributed by atoms with E-state index in [1.54, 1.807) is 23.5 Å². The van der Waals surface area contributed by atoms with Crippen molar-refractivity contribution in [3.05, 3.63) is 52.2 Å². The van der Waals surface area contributed by atoms with E-state index >= 15 is 0 Å². The number of hydrogen-bond donors (Lipinski definition) is 0. The first kappa shape index (κ1) is 13.8. The average molecular weight is 300 g/mol. The Morgan fingerprint density at radius 3 is 2.81 bits per heavy atom. The minimum Gasteiger partial charge on any atom is -0.497 e. The number of carbonyl (C=O) groups is 1. The van der Waals surface area contributed by atoms with Gasteiger partial charge in [-0.15, -0.1) is 11.3 Å². The fraction of sp³-hybridized carbons (Fsp3) is 0.250. The Kier molecular flexibility index (Phi) is 4.01. The number of nitrogens with zero attached hydrogens (tertiary/aromatic N) is 2. The van der Waals surface area contributed by atoms with E-state index in [4.69, 9.17) is 4.74 Å². The van der Waals surface area contributed by atoms with Crippen molar-refractivity contribution in [2.24, 2.45) is 5.10 Å². The standard InChI is InChI=1S/C16H16N2O2S/c1-20-13-6-4-12(5-7-13)11-16(19)18-9-8-14(17-18)15-3-2-10-21-15/h2-7,10H,8-9,11H2,1H3. The summed E-state index contributed by atoms with van der Waals surface area (Å²) >= 11 is 1.66. The summed E-state index contributed by atoms with van der Waals surface area (Å²) in [7, 11) is 1.63. The highest BCUT2D eigenvalue weighted by atomic mass is 32.1. The summed E-state index contributed by atoms with van der Waals surface area (Å²) in [5.74, 6) is 0.831. The number of benzene rings is 1. The van der Waals surface area contributed by atoms with Crippen LogP contribution in [0.15, 0.2) is 46.9 Å². The van der Waals surface area contributed by atoms with Crippen LogP contribution in [0.5, 0.6) is 5.75 Å². The van der Waals surface area contributed by atoms with Gasteiger partial charge < -0.3 is 4.74 Å². The van der Waals surface area contributed by atoms with Crippen molar-refractivity contribution in [3.63, 3.8) is 0 Å². The van der Waals surface area contributed by atoms with Crippen molar-refractivity contribution >= 4 is 23.0 Å². The van der Waals surface area contributed by atoms with E-state index in [0.717, 1.165) is 28.3 Å². The molecule has 0 spiro atoms. The molecule has 1 aliphatic heterocycles. The second-order valence-electron chi connectivity index (χ2n) is 4.82. The van der Waals surface area contributed by atoms with Gasteiger partial charge in [0.25, 0.3) is 0 Å². The van der Waals surface area contributed by atoms with Crippen LogP contribution < -0.4 is 4.74 Å². The van der Waals surface area contributed by atoms with Crippen LogP contribution in [-0.4, -0.2) is 30.3 Å². The van der Waals surface area contributed by atoms with E-state index in [2.05, 4.69) is 5.10 Å². The second kappa shape index (κ2) is 6.10. The van der Waals surface area contributed by atoms with Crippen molar-refractivity contribution in [2.75, 3.05) is 13.7 Å². The summed E-state index contributed by atoms with van der Waals surface area (Å²) < 4.78 is 5.11. The average Bonchev–Trinajstić information content (AvgIpc) is 3.19. The Morgan fingerprint density at radius 1 is 1.33 bits per heavy atom. The third-order valence-corrected chi connectivity index (χ3v) is 4.33. The predicted octanol–water partition coefficient (Wildman–Crippen LogP) is 2.94. The number of thiophene rings is 1. The van der Waals surface area contributed by atoms with Crippen LogP contribution in [0.1, 0.15) is 16.9 Å². The molecule has 21 heavy (non-hydrogen) atoms. The molecule has 0 unspecified atom stereocenters. The topological polar surface area (TPSA) is 41.9 Å². The zero-order chi connectivity index (χ0) is 14.7. The molecule has 2 aromatic rings. The number of hydrazone groups is 1. The van der Waals surface area contributed by atoms with Crippen LogP contribution in [0.3, 0.4) is 0 Å². The van der Waals surface area contributed by atoms with E-state index in [-0.39, 0.29) is 5.91 Å². The summed E-state index contributed by atoms with van der Waals surface area (Å²) in [6.45, 7) is 0.669. The minimum absolute atomic E-state index is 0.0340. The van der Waals surface area contributed by atoms with Gasteiger partial charge in [-0.05, 0) is 29.1 Å². The van der Waals surface area contributed by atoms with Crippen LogP contribution in [-0.2, 0) is 11.2 Å². The molecule has 1 aromatic heterocycles. The van der Waals surface area contributed by atoms with Crippen molar-refractivity contribution < 1.29 is 9.53 Å². The highest BCUT2D eigenvalue weighted by molar-refractivity contribution is 7.12. The van der Waals surface area contributed by atoms with Crippen LogP contribution in [0.4, 0.5) is 0 Å². The first-order chi connectivity index (χ1) is 10.3. The van der Waals surface area contributed by atoms with E-state index in [1.165, 1.54) is 0 Å². The fourth-order valence-electron chi connectivity index (χ4n) is 2.26. The third-order valence-electron chi connectivity index (χ3n) is 3.41. The molecular formula is C16H16N2O2S. The molecule has 1 amide bonds. The Hall–Kier alpha value is -2.14. The third kappa shape index (κ3) is 3.13. The van der Waals surface area contributed by atoms with Crippen molar-refractivity contribution in [3.8, 4) is 5.75 Å². The van der Waals surface area contributed by atoms with Crippen molar-refractivity contribution in [1.29, 1.82) is 0 Å². The maximum atomic E-state index is 12.3. The molecule has 1 aliphatic rings. The molecule has 5 heteroatoms. The lowest BCUT2D eigenvalue weighted by Gasteiger charge is -2.11. The highest BCUT2D eigenvalue weighted by Crippen LogP contribution is 2.19. The van der Waals surface area contributed by atoms with Gasteiger partial charge in [-0.3, -0.25) is 4.79 Å². The van der Waals surface area contributed by atoms with Gasteiger partial charge in [-0.1, -0.05) is 18.2 Å².